The maximum atomic E-state index is 11.7. The first-order chi connectivity index (χ1) is 7.75. The first-order valence-corrected chi connectivity index (χ1v) is 6.00. The van der Waals surface area contributed by atoms with E-state index in [2.05, 4.69) is 0 Å². The molecule has 0 saturated heterocycles. The molecule has 1 aliphatic carbocycles. The smallest absolute Gasteiger partial charge is 0.188 e. The minimum absolute atomic E-state index is 0.00158. The molecule has 0 radical (unpaired) electrons. The second-order valence-electron chi connectivity index (χ2n) is 4.22. The lowest BCUT2D eigenvalue weighted by atomic mass is 10.1. The minimum atomic E-state index is -0.00158. The van der Waals surface area contributed by atoms with Crippen LogP contribution in [0, 0.1) is 5.92 Å². The SMILES string of the molecule is O=C(COCCC1CC1)c1cccc(Cl)c1. The summed E-state index contributed by atoms with van der Waals surface area (Å²) < 4.78 is 5.35. The molecule has 16 heavy (non-hydrogen) atoms. The highest BCUT2D eigenvalue weighted by Gasteiger charge is 2.20. The molecule has 1 saturated carbocycles. The number of ketones is 1. The van der Waals surface area contributed by atoms with Crippen LogP contribution in [0.25, 0.3) is 0 Å². The van der Waals surface area contributed by atoms with E-state index in [1.165, 1.54) is 12.8 Å². The van der Waals surface area contributed by atoms with Gasteiger partial charge >= 0.3 is 0 Å². The quantitative estimate of drug-likeness (QED) is 0.561. The monoisotopic (exact) mass is 238 g/mol. The molecule has 1 fully saturated rings. The van der Waals surface area contributed by atoms with E-state index in [0.717, 1.165) is 12.3 Å². The zero-order chi connectivity index (χ0) is 11.4. The van der Waals surface area contributed by atoms with Crippen molar-refractivity contribution in [2.75, 3.05) is 13.2 Å². The van der Waals surface area contributed by atoms with Gasteiger partial charge in [-0.15, -0.1) is 0 Å². The highest BCUT2D eigenvalue weighted by molar-refractivity contribution is 6.31. The lowest BCUT2D eigenvalue weighted by Gasteiger charge is -2.03. The van der Waals surface area contributed by atoms with E-state index in [9.17, 15) is 4.79 Å². The maximum absolute atomic E-state index is 11.7. The second kappa shape index (κ2) is 5.46. The normalized spacial score (nSPS) is 15.1. The number of benzene rings is 1. The van der Waals surface area contributed by atoms with Crippen LogP contribution in [0.4, 0.5) is 0 Å². The van der Waals surface area contributed by atoms with Crippen molar-refractivity contribution < 1.29 is 9.53 Å². The molecule has 3 heteroatoms. The molecule has 1 aliphatic rings. The Labute approximate surface area is 101 Å². The molecule has 0 unspecified atom stereocenters. The molecule has 1 aromatic rings. The number of rotatable bonds is 6. The van der Waals surface area contributed by atoms with Crippen LogP contribution in [0.2, 0.25) is 5.02 Å². The van der Waals surface area contributed by atoms with Gasteiger partial charge in [0.2, 0.25) is 0 Å². The molecule has 2 nitrogen and oxygen atoms in total. The van der Waals surface area contributed by atoms with Crippen LogP contribution in [0.3, 0.4) is 0 Å². The zero-order valence-electron chi connectivity index (χ0n) is 9.12. The van der Waals surface area contributed by atoms with E-state index < -0.39 is 0 Å². The van der Waals surface area contributed by atoms with Gasteiger partial charge in [-0.1, -0.05) is 36.6 Å². The average molecular weight is 239 g/mol. The lowest BCUT2D eigenvalue weighted by molar-refractivity contribution is 0.0748. The van der Waals surface area contributed by atoms with Gasteiger partial charge in [-0.05, 0) is 24.5 Å². The number of carbonyl (C=O) groups is 1. The molecule has 0 aromatic heterocycles. The van der Waals surface area contributed by atoms with E-state index in [1.54, 1.807) is 24.3 Å². The molecule has 0 heterocycles. The van der Waals surface area contributed by atoms with Gasteiger partial charge in [-0.3, -0.25) is 4.79 Å². The van der Waals surface area contributed by atoms with Crippen molar-refractivity contribution in [3.8, 4) is 0 Å². The predicted molar refractivity (Wildman–Crippen MR) is 63.9 cm³/mol. The third kappa shape index (κ3) is 3.62. The summed E-state index contributed by atoms with van der Waals surface area (Å²) in [6.07, 6.45) is 3.74. The fourth-order valence-corrected chi connectivity index (χ4v) is 1.76. The van der Waals surface area contributed by atoms with Crippen molar-refractivity contribution in [2.45, 2.75) is 19.3 Å². The molecule has 2 rings (SSSR count). The van der Waals surface area contributed by atoms with Gasteiger partial charge in [0, 0.05) is 17.2 Å². The van der Waals surface area contributed by atoms with Crippen LogP contribution < -0.4 is 0 Å². The molecular formula is C13H15ClO2. The van der Waals surface area contributed by atoms with Crippen LogP contribution in [0.5, 0.6) is 0 Å². The van der Waals surface area contributed by atoms with Crippen LogP contribution in [-0.2, 0) is 4.74 Å². The summed E-state index contributed by atoms with van der Waals surface area (Å²) in [5.41, 5.74) is 0.624. The standard InChI is InChI=1S/C13H15ClO2/c14-12-3-1-2-11(8-12)13(15)9-16-7-6-10-4-5-10/h1-3,8,10H,4-7,9H2. The Morgan fingerprint density at radius 2 is 2.25 bits per heavy atom. The van der Waals surface area contributed by atoms with Crippen molar-refractivity contribution >= 4 is 17.4 Å². The predicted octanol–water partition coefficient (Wildman–Crippen LogP) is 3.34. The fourth-order valence-electron chi connectivity index (χ4n) is 1.57. The van der Waals surface area contributed by atoms with E-state index >= 15 is 0 Å². The van der Waals surface area contributed by atoms with Crippen molar-refractivity contribution in [2.24, 2.45) is 5.92 Å². The van der Waals surface area contributed by atoms with Crippen molar-refractivity contribution in [1.29, 1.82) is 0 Å². The summed E-state index contributed by atoms with van der Waals surface area (Å²) in [5.74, 6) is 0.847. The van der Waals surface area contributed by atoms with Gasteiger partial charge in [-0.25, -0.2) is 0 Å². The number of Topliss-reactive ketones (excluding diaryl/α,β-unsaturated/α-hetero) is 1. The molecular weight excluding hydrogens is 224 g/mol. The largest absolute Gasteiger partial charge is 0.373 e. The van der Waals surface area contributed by atoms with Crippen molar-refractivity contribution in [3.05, 3.63) is 34.9 Å². The summed E-state index contributed by atoms with van der Waals surface area (Å²) in [4.78, 5) is 11.7. The van der Waals surface area contributed by atoms with E-state index in [-0.39, 0.29) is 12.4 Å². The highest BCUT2D eigenvalue weighted by atomic mass is 35.5. The first-order valence-electron chi connectivity index (χ1n) is 5.62. The summed E-state index contributed by atoms with van der Waals surface area (Å²) in [6, 6.07) is 6.97. The van der Waals surface area contributed by atoms with Crippen LogP contribution in [0.1, 0.15) is 29.6 Å². The summed E-state index contributed by atoms with van der Waals surface area (Å²) >= 11 is 5.81. The lowest BCUT2D eigenvalue weighted by Crippen LogP contribution is -2.10. The van der Waals surface area contributed by atoms with Gasteiger partial charge in [0.05, 0.1) is 0 Å². The van der Waals surface area contributed by atoms with Gasteiger partial charge in [-0.2, -0.15) is 0 Å². The first kappa shape index (κ1) is 11.6. The minimum Gasteiger partial charge on any atom is -0.373 e. The van der Waals surface area contributed by atoms with Crippen molar-refractivity contribution in [3.63, 3.8) is 0 Å². The summed E-state index contributed by atoms with van der Waals surface area (Å²) in [5, 5.41) is 0.587. The Kier molecular flexibility index (Phi) is 3.97. The van der Waals surface area contributed by atoms with Crippen LogP contribution in [-0.4, -0.2) is 19.0 Å². The third-order valence-corrected chi connectivity index (χ3v) is 2.98. The molecule has 0 amide bonds. The Hall–Kier alpha value is -0.860. The van der Waals surface area contributed by atoms with Crippen LogP contribution >= 0.6 is 11.6 Å². The maximum Gasteiger partial charge on any atom is 0.188 e. The van der Waals surface area contributed by atoms with E-state index in [4.69, 9.17) is 16.3 Å². The van der Waals surface area contributed by atoms with Gasteiger partial charge < -0.3 is 4.74 Å². The second-order valence-corrected chi connectivity index (χ2v) is 4.65. The number of hydrogen-bond acceptors (Lipinski definition) is 2. The molecule has 1 aromatic carbocycles. The summed E-state index contributed by atoms with van der Waals surface area (Å²) in [6.45, 7) is 0.851. The average Bonchev–Trinajstić information content (AvgIpc) is 3.08. The number of halogens is 1. The molecule has 0 bridgehead atoms. The Balaban J connectivity index is 1.73. The highest BCUT2D eigenvalue weighted by Crippen LogP contribution is 2.32. The summed E-state index contributed by atoms with van der Waals surface area (Å²) in [7, 11) is 0. The number of ether oxygens (including phenoxy) is 1. The molecule has 0 atom stereocenters. The van der Waals surface area contributed by atoms with Crippen LogP contribution in [0.15, 0.2) is 24.3 Å². The Bertz CT molecular complexity index is 372. The van der Waals surface area contributed by atoms with E-state index in [1.807, 2.05) is 0 Å². The van der Waals surface area contributed by atoms with E-state index in [0.29, 0.717) is 17.2 Å². The molecule has 0 N–H and O–H groups in total. The third-order valence-electron chi connectivity index (χ3n) is 2.75. The zero-order valence-corrected chi connectivity index (χ0v) is 9.87. The Morgan fingerprint density at radius 3 is 2.94 bits per heavy atom. The number of hydrogen-bond donors (Lipinski definition) is 0. The fraction of sp³-hybridized carbons (Fsp3) is 0.462. The van der Waals surface area contributed by atoms with Crippen molar-refractivity contribution in [1.82, 2.24) is 0 Å². The molecule has 0 spiro atoms. The topological polar surface area (TPSA) is 26.3 Å². The van der Waals surface area contributed by atoms with Gasteiger partial charge in [0.1, 0.15) is 6.61 Å². The molecule has 86 valence electrons. The Morgan fingerprint density at radius 1 is 1.44 bits per heavy atom. The molecule has 0 aliphatic heterocycles. The van der Waals surface area contributed by atoms with Gasteiger partial charge in [0.25, 0.3) is 0 Å². The number of carbonyl (C=O) groups excluding carboxylic acids is 1. The van der Waals surface area contributed by atoms with Gasteiger partial charge in [0.15, 0.2) is 5.78 Å².